The summed E-state index contributed by atoms with van der Waals surface area (Å²) in [5, 5.41) is 13.9. The van der Waals surface area contributed by atoms with Gasteiger partial charge in [0.2, 0.25) is 5.91 Å². The van der Waals surface area contributed by atoms with Crippen molar-refractivity contribution in [2.24, 2.45) is 11.3 Å². The molecule has 3 rings (SSSR count). The molecule has 2 atom stereocenters. The number of aryl methyl sites for hydroxylation is 1. The van der Waals surface area contributed by atoms with Gasteiger partial charge in [0.05, 0.1) is 0 Å². The molecule has 0 aromatic carbocycles. The number of amides is 1. The Morgan fingerprint density at radius 2 is 2.21 bits per heavy atom. The molecule has 2 aliphatic heterocycles. The molecule has 1 N–H and O–H groups in total. The fraction of sp³-hybridized carbons (Fsp3) is 0.588. The lowest BCUT2D eigenvalue weighted by molar-refractivity contribution is -0.149. The second kappa shape index (κ2) is 6.76. The van der Waals surface area contributed by atoms with Gasteiger partial charge in [-0.05, 0) is 12.5 Å². The lowest BCUT2D eigenvalue weighted by atomic mass is 9.81. The van der Waals surface area contributed by atoms with Gasteiger partial charge >= 0.3 is 5.97 Å². The van der Waals surface area contributed by atoms with Crippen LogP contribution in [-0.4, -0.2) is 69.3 Å². The number of carbonyl (C=O) groups is 2. The predicted octanol–water partition coefficient (Wildman–Crippen LogP) is 0.694. The molecule has 0 spiro atoms. The number of aromatic nitrogens is 2. The van der Waals surface area contributed by atoms with Gasteiger partial charge in [-0.2, -0.15) is 5.10 Å². The van der Waals surface area contributed by atoms with Crippen LogP contribution in [0.4, 0.5) is 0 Å². The molecule has 1 aromatic heterocycles. The van der Waals surface area contributed by atoms with Gasteiger partial charge in [0, 0.05) is 64.0 Å². The van der Waals surface area contributed by atoms with Crippen LogP contribution >= 0.6 is 0 Å². The van der Waals surface area contributed by atoms with Gasteiger partial charge in [-0.25, -0.2) is 0 Å². The Morgan fingerprint density at radius 1 is 1.38 bits per heavy atom. The van der Waals surface area contributed by atoms with E-state index in [-0.39, 0.29) is 11.8 Å². The monoisotopic (exact) mass is 332 g/mol. The van der Waals surface area contributed by atoms with Crippen LogP contribution in [-0.2, 0) is 16.1 Å². The van der Waals surface area contributed by atoms with Crippen LogP contribution in [0.1, 0.15) is 12.8 Å². The SMILES string of the molecule is C=CCN1C[C@H]2CN(C(=O)CCCn3cccn3)C[C@@]2(C(=O)O)C1. The lowest BCUT2D eigenvalue weighted by Gasteiger charge is -2.25. The standard InChI is InChI=1S/C17H24N4O3/c1-2-7-19-10-14-11-20(13-17(14,12-19)16(23)24)15(22)5-3-8-21-9-4-6-18-21/h2,4,6,9,14H,1,3,5,7-8,10-13H2,(H,23,24)/t14-,17-/m0/s1. The molecule has 1 amide bonds. The number of hydrogen-bond donors (Lipinski definition) is 1. The van der Waals surface area contributed by atoms with Crippen molar-refractivity contribution in [3.8, 4) is 0 Å². The van der Waals surface area contributed by atoms with Gasteiger partial charge in [-0.1, -0.05) is 6.08 Å². The van der Waals surface area contributed by atoms with Crippen LogP contribution in [0, 0.1) is 11.3 Å². The second-order valence-electron chi connectivity index (χ2n) is 6.79. The van der Waals surface area contributed by atoms with Crippen molar-refractivity contribution in [3.05, 3.63) is 31.1 Å². The second-order valence-corrected chi connectivity index (χ2v) is 6.79. The molecule has 2 aliphatic rings. The van der Waals surface area contributed by atoms with Crippen molar-refractivity contribution < 1.29 is 14.7 Å². The largest absolute Gasteiger partial charge is 0.481 e. The van der Waals surface area contributed by atoms with Gasteiger partial charge in [-0.3, -0.25) is 19.2 Å². The number of likely N-dealkylation sites (tertiary alicyclic amines) is 2. The van der Waals surface area contributed by atoms with E-state index in [1.807, 2.05) is 12.3 Å². The Morgan fingerprint density at radius 3 is 2.83 bits per heavy atom. The first-order chi connectivity index (χ1) is 11.5. The molecule has 130 valence electrons. The van der Waals surface area contributed by atoms with E-state index in [0.717, 1.165) is 6.54 Å². The summed E-state index contributed by atoms with van der Waals surface area (Å²) in [7, 11) is 0. The van der Waals surface area contributed by atoms with Crippen molar-refractivity contribution in [2.45, 2.75) is 19.4 Å². The van der Waals surface area contributed by atoms with Gasteiger partial charge < -0.3 is 10.0 Å². The highest BCUT2D eigenvalue weighted by Gasteiger charge is 2.58. The Balaban J connectivity index is 1.56. The van der Waals surface area contributed by atoms with Crippen LogP contribution in [0.15, 0.2) is 31.1 Å². The third-order valence-electron chi connectivity index (χ3n) is 5.18. The maximum Gasteiger partial charge on any atom is 0.313 e. The normalized spacial score (nSPS) is 26.5. The van der Waals surface area contributed by atoms with E-state index in [9.17, 15) is 14.7 Å². The highest BCUT2D eigenvalue weighted by Crippen LogP contribution is 2.42. The molecule has 0 radical (unpaired) electrons. The van der Waals surface area contributed by atoms with Crippen molar-refractivity contribution in [2.75, 3.05) is 32.7 Å². The third-order valence-corrected chi connectivity index (χ3v) is 5.18. The number of fused-ring (bicyclic) bond motifs is 1. The summed E-state index contributed by atoms with van der Waals surface area (Å²) >= 11 is 0. The zero-order valence-corrected chi connectivity index (χ0v) is 13.8. The highest BCUT2D eigenvalue weighted by atomic mass is 16.4. The fourth-order valence-corrected chi connectivity index (χ4v) is 3.97. The first kappa shape index (κ1) is 16.7. The molecule has 24 heavy (non-hydrogen) atoms. The zero-order chi connectivity index (χ0) is 17.2. The molecule has 3 heterocycles. The van der Waals surface area contributed by atoms with Crippen LogP contribution in [0.25, 0.3) is 0 Å². The third kappa shape index (κ3) is 3.08. The summed E-state index contributed by atoms with van der Waals surface area (Å²) in [6.45, 7) is 7.20. The first-order valence-electron chi connectivity index (χ1n) is 8.37. The molecule has 7 heteroatoms. The quantitative estimate of drug-likeness (QED) is 0.744. The number of carboxylic acids is 1. The zero-order valence-electron chi connectivity index (χ0n) is 13.8. The summed E-state index contributed by atoms with van der Waals surface area (Å²) < 4.78 is 1.80. The Hall–Kier alpha value is -2.15. The molecule has 0 saturated carbocycles. The lowest BCUT2D eigenvalue weighted by Crippen LogP contribution is -2.42. The minimum Gasteiger partial charge on any atom is -0.481 e. The van der Waals surface area contributed by atoms with E-state index in [1.165, 1.54) is 0 Å². The summed E-state index contributed by atoms with van der Waals surface area (Å²) in [4.78, 5) is 28.2. The summed E-state index contributed by atoms with van der Waals surface area (Å²) in [6.07, 6.45) is 6.53. The molecule has 2 fully saturated rings. The van der Waals surface area contributed by atoms with E-state index >= 15 is 0 Å². The minimum atomic E-state index is -0.819. The number of rotatable bonds is 7. The molecule has 0 unspecified atom stereocenters. The van der Waals surface area contributed by atoms with Gasteiger partial charge in [0.1, 0.15) is 5.41 Å². The van der Waals surface area contributed by atoms with E-state index < -0.39 is 11.4 Å². The van der Waals surface area contributed by atoms with E-state index in [4.69, 9.17) is 0 Å². The molecule has 1 aromatic rings. The van der Waals surface area contributed by atoms with Crippen LogP contribution < -0.4 is 0 Å². The molecule has 0 bridgehead atoms. The summed E-state index contributed by atoms with van der Waals surface area (Å²) in [5.41, 5.74) is -0.819. The predicted molar refractivity (Wildman–Crippen MR) is 88.2 cm³/mol. The van der Waals surface area contributed by atoms with Crippen molar-refractivity contribution in [1.82, 2.24) is 19.6 Å². The topological polar surface area (TPSA) is 78.7 Å². The molecular formula is C17H24N4O3. The molecule has 0 aliphatic carbocycles. The minimum absolute atomic E-state index is 0.00464. The van der Waals surface area contributed by atoms with Gasteiger partial charge in [0.25, 0.3) is 0 Å². The average molecular weight is 332 g/mol. The average Bonchev–Trinajstić information content (AvgIpc) is 3.21. The maximum absolute atomic E-state index is 12.5. The van der Waals surface area contributed by atoms with E-state index in [0.29, 0.717) is 45.6 Å². The summed E-state index contributed by atoms with van der Waals surface area (Å²) in [5.74, 6) is -0.733. The van der Waals surface area contributed by atoms with Gasteiger partial charge in [0.15, 0.2) is 0 Å². The number of carbonyl (C=O) groups excluding carboxylic acids is 1. The number of aliphatic carboxylic acids is 1. The van der Waals surface area contributed by atoms with Gasteiger partial charge in [-0.15, -0.1) is 6.58 Å². The van der Waals surface area contributed by atoms with Crippen molar-refractivity contribution >= 4 is 11.9 Å². The fourth-order valence-electron chi connectivity index (χ4n) is 3.97. The highest BCUT2D eigenvalue weighted by molar-refractivity contribution is 5.81. The number of hydrogen-bond acceptors (Lipinski definition) is 4. The van der Waals surface area contributed by atoms with E-state index in [2.05, 4.69) is 16.6 Å². The smallest absolute Gasteiger partial charge is 0.313 e. The number of carboxylic acid groups (broad SMARTS) is 1. The Kier molecular flexibility index (Phi) is 4.71. The van der Waals surface area contributed by atoms with Crippen LogP contribution in [0.3, 0.4) is 0 Å². The Labute approximate surface area is 141 Å². The van der Waals surface area contributed by atoms with Crippen molar-refractivity contribution in [3.63, 3.8) is 0 Å². The van der Waals surface area contributed by atoms with Crippen LogP contribution in [0.2, 0.25) is 0 Å². The summed E-state index contributed by atoms with van der Waals surface area (Å²) in [6, 6.07) is 1.86. The Bertz CT molecular complexity index is 615. The molecule has 7 nitrogen and oxygen atoms in total. The molecule has 2 saturated heterocycles. The van der Waals surface area contributed by atoms with Crippen molar-refractivity contribution in [1.29, 1.82) is 0 Å². The van der Waals surface area contributed by atoms with Crippen LogP contribution in [0.5, 0.6) is 0 Å². The van der Waals surface area contributed by atoms with E-state index in [1.54, 1.807) is 21.9 Å². The molecular weight excluding hydrogens is 308 g/mol. The number of nitrogens with zero attached hydrogens (tertiary/aromatic N) is 4. The maximum atomic E-state index is 12.5. The first-order valence-corrected chi connectivity index (χ1v) is 8.37.